The van der Waals surface area contributed by atoms with Gasteiger partial charge in [-0.2, -0.15) is 0 Å². The minimum atomic E-state index is -0.387. The van der Waals surface area contributed by atoms with Crippen molar-refractivity contribution in [3.8, 4) is 0 Å². The molecule has 0 atom stereocenters. The van der Waals surface area contributed by atoms with Crippen LogP contribution in [-0.2, 0) is 28.5 Å². The second kappa shape index (κ2) is 16.1. The number of methoxy groups -OCH3 is 1. The predicted octanol–water partition coefficient (Wildman–Crippen LogP) is 3.87. The lowest BCUT2D eigenvalue weighted by molar-refractivity contribution is -0.124. The first-order chi connectivity index (χ1) is 15.6. The first-order valence-corrected chi connectivity index (χ1v) is 12.6. The fraction of sp³-hybridized carbons (Fsp3) is 0.962. The quantitative estimate of drug-likeness (QED) is 0.235. The van der Waals surface area contributed by atoms with E-state index >= 15 is 0 Å². The Morgan fingerprint density at radius 1 is 0.647 bits per heavy atom. The fourth-order valence-corrected chi connectivity index (χ4v) is 3.13. The third kappa shape index (κ3) is 18.5. The maximum Gasteiger partial charge on any atom is 0.220 e. The molecule has 0 fully saturated rings. The largest absolute Gasteiger partial charge is 0.396 e. The number of hydrogen-bond donors (Lipinski definition) is 2. The van der Waals surface area contributed by atoms with Gasteiger partial charge >= 0.3 is 0 Å². The first kappa shape index (κ1) is 33.2. The molecule has 0 spiro atoms. The molecule has 0 radical (unpaired) electrons. The number of nitrogens with one attached hydrogen (secondary N) is 1. The van der Waals surface area contributed by atoms with Crippen molar-refractivity contribution in [2.75, 3.05) is 53.3 Å². The smallest absolute Gasteiger partial charge is 0.220 e. The topological polar surface area (TPSA) is 95.5 Å². The molecule has 1 amide bonds. The Kier molecular flexibility index (Phi) is 15.7. The summed E-state index contributed by atoms with van der Waals surface area (Å²) in [5, 5.41) is 12.0. The molecular weight excluding hydrogens is 438 g/mol. The molecule has 0 bridgehead atoms. The maximum absolute atomic E-state index is 12.2. The van der Waals surface area contributed by atoms with Crippen LogP contribution in [0.1, 0.15) is 87.5 Å². The maximum atomic E-state index is 12.2. The zero-order chi connectivity index (χ0) is 26.3. The van der Waals surface area contributed by atoms with Crippen molar-refractivity contribution in [1.82, 2.24) is 5.32 Å². The molecule has 34 heavy (non-hydrogen) atoms. The van der Waals surface area contributed by atoms with Crippen molar-refractivity contribution in [1.29, 1.82) is 0 Å². The lowest BCUT2D eigenvalue weighted by Crippen LogP contribution is -2.35. The van der Waals surface area contributed by atoms with E-state index in [-0.39, 0.29) is 34.9 Å². The van der Waals surface area contributed by atoms with E-state index in [4.69, 9.17) is 28.8 Å². The molecule has 2 N–H and O–H groups in total. The number of ether oxygens (including phenoxy) is 5. The molecule has 8 nitrogen and oxygen atoms in total. The molecule has 0 aliphatic rings. The predicted molar refractivity (Wildman–Crippen MR) is 135 cm³/mol. The Balaban J connectivity index is 4.05. The van der Waals surface area contributed by atoms with E-state index in [2.05, 4.69) is 5.32 Å². The van der Waals surface area contributed by atoms with Gasteiger partial charge in [-0.25, -0.2) is 0 Å². The van der Waals surface area contributed by atoms with Gasteiger partial charge in [0, 0.05) is 26.7 Å². The molecule has 0 heterocycles. The number of aliphatic hydroxyl groups excluding tert-OH is 1. The molecule has 0 aromatic heterocycles. The van der Waals surface area contributed by atoms with Crippen LogP contribution in [0.4, 0.5) is 0 Å². The summed E-state index contributed by atoms with van der Waals surface area (Å²) in [4.78, 5) is 12.2. The minimum Gasteiger partial charge on any atom is -0.396 e. The minimum absolute atomic E-state index is 0.00426. The Morgan fingerprint density at radius 3 is 1.59 bits per heavy atom. The highest BCUT2D eigenvalue weighted by Gasteiger charge is 2.24. The third-order valence-electron chi connectivity index (χ3n) is 5.76. The molecule has 0 aliphatic carbocycles. The zero-order valence-corrected chi connectivity index (χ0v) is 23.4. The van der Waals surface area contributed by atoms with Gasteiger partial charge in [0.05, 0.1) is 55.4 Å². The van der Waals surface area contributed by atoms with Crippen molar-refractivity contribution >= 4 is 5.91 Å². The van der Waals surface area contributed by atoms with Gasteiger partial charge in [0.15, 0.2) is 0 Å². The van der Waals surface area contributed by atoms with Gasteiger partial charge < -0.3 is 34.1 Å². The van der Waals surface area contributed by atoms with E-state index < -0.39 is 0 Å². The number of carbonyl (C=O) groups excluding carboxylic acids is 1. The second-order valence-electron chi connectivity index (χ2n) is 11.2. The van der Waals surface area contributed by atoms with Crippen molar-refractivity contribution in [2.24, 2.45) is 0 Å². The number of hydrogen-bond acceptors (Lipinski definition) is 7. The highest BCUT2D eigenvalue weighted by Crippen LogP contribution is 2.21. The summed E-state index contributed by atoms with van der Waals surface area (Å²) in [5.41, 5.74) is -1.36. The van der Waals surface area contributed by atoms with Crippen LogP contribution < -0.4 is 5.32 Å². The molecule has 0 aromatic rings. The molecule has 0 aliphatic heterocycles. The van der Waals surface area contributed by atoms with Crippen molar-refractivity contribution < 1.29 is 33.6 Å². The van der Waals surface area contributed by atoms with Gasteiger partial charge in [-0.1, -0.05) is 0 Å². The van der Waals surface area contributed by atoms with Gasteiger partial charge in [-0.3, -0.25) is 4.79 Å². The lowest BCUT2D eigenvalue weighted by atomic mass is 10.0. The number of rotatable bonds is 21. The average molecular weight is 492 g/mol. The summed E-state index contributed by atoms with van der Waals surface area (Å²) in [6.45, 7) is 19.3. The third-order valence-corrected chi connectivity index (χ3v) is 5.76. The number of carbonyl (C=O) groups is 1. The second-order valence-corrected chi connectivity index (χ2v) is 11.2. The van der Waals surface area contributed by atoms with Gasteiger partial charge in [0.25, 0.3) is 0 Å². The van der Waals surface area contributed by atoms with E-state index in [1.54, 1.807) is 7.11 Å². The van der Waals surface area contributed by atoms with Gasteiger partial charge in [0.2, 0.25) is 5.91 Å². The Morgan fingerprint density at radius 2 is 1.09 bits per heavy atom. The summed E-state index contributed by atoms with van der Waals surface area (Å²) in [5.74, 6) is -0.00426. The van der Waals surface area contributed by atoms with Gasteiger partial charge in [-0.15, -0.1) is 0 Å². The summed E-state index contributed by atoms with van der Waals surface area (Å²) >= 11 is 0. The number of aliphatic hydroxyl groups is 1. The SMILES string of the molecule is COCCOC(C)(C)CCOC(C)(C)CCC(=O)NCCOC(C)(C)CCOC(C)(C)CCO. The van der Waals surface area contributed by atoms with E-state index in [0.717, 1.165) is 12.8 Å². The van der Waals surface area contributed by atoms with Crippen LogP contribution >= 0.6 is 0 Å². The molecular formula is C26H53NO7. The molecule has 204 valence electrons. The fourth-order valence-electron chi connectivity index (χ4n) is 3.13. The van der Waals surface area contributed by atoms with Gasteiger partial charge in [0.1, 0.15) is 0 Å². The highest BCUT2D eigenvalue weighted by atomic mass is 16.5. The Hall–Kier alpha value is -0.770. The Labute approximate surface area is 208 Å². The number of amides is 1. The lowest BCUT2D eigenvalue weighted by Gasteiger charge is -2.30. The molecule has 0 aromatic carbocycles. The van der Waals surface area contributed by atoms with Crippen molar-refractivity contribution in [2.45, 2.75) is 110 Å². The van der Waals surface area contributed by atoms with Crippen LogP contribution in [0.2, 0.25) is 0 Å². The summed E-state index contributed by atoms with van der Waals surface area (Å²) < 4.78 is 28.6. The van der Waals surface area contributed by atoms with Crippen LogP contribution in [0.25, 0.3) is 0 Å². The van der Waals surface area contributed by atoms with Gasteiger partial charge in [-0.05, 0) is 81.1 Å². The van der Waals surface area contributed by atoms with Crippen molar-refractivity contribution in [3.05, 3.63) is 0 Å². The van der Waals surface area contributed by atoms with Crippen molar-refractivity contribution in [3.63, 3.8) is 0 Å². The van der Waals surface area contributed by atoms with Crippen LogP contribution in [0.5, 0.6) is 0 Å². The van der Waals surface area contributed by atoms with E-state index in [1.165, 1.54) is 0 Å². The summed E-state index contributed by atoms with van der Waals surface area (Å²) in [6, 6.07) is 0. The molecule has 8 heteroatoms. The Bertz CT molecular complexity index is 547. The summed E-state index contributed by atoms with van der Waals surface area (Å²) in [7, 11) is 1.66. The van der Waals surface area contributed by atoms with Crippen LogP contribution in [0.15, 0.2) is 0 Å². The molecule has 0 rings (SSSR count). The van der Waals surface area contributed by atoms with E-state index in [0.29, 0.717) is 58.8 Å². The highest BCUT2D eigenvalue weighted by molar-refractivity contribution is 5.75. The van der Waals surface area contributed by atoms with Crippen LogP contribution in [-0.4, -0.2) is 86.7 Å². The monoisotopic (exact) mass is 491 g/mol. The van der Waals surface area contributed by atoms with Crippen LogP contribution in [0.3, 0.4) is 0 Å². The molecule has 0 saturated carbocycles. The normalized spacial score (nSPS) is 13.4. The molecule has 0 unspecified atom stereocenters. The zero-order valence-electron chi connectivity index (χ0n) is 23.4. The first-order valence-electron chi connectivity index (χ1n) is 12.6. The van der Waals surface area contributed by atoms with Crippen LogP contribution in [0, 0.1) is 0 Å². The molecule has 0 saturated heterocycles. The van der Waals surface area contributed by atoms with E-state index in [1.807, 2.05) is 55.4 Å². The summed E-state index contributed by atoms with van der Waals surface area (Å²) in [6.07, 6.45) is 3.14. The average Bonchev–Trinajstić information content (AvgIpc) is 2.69. The standard InChI is InChI=1S/C26H53NO7/c1-23(2,31-17-14-26(7,8)34-21-20-30-9)11-10-22(29)27-15-19-33-25(5,6)13-18-32-24(3,4)12-16-28/h28H,10-21H2,1-9H3,(H,27,29). The van der Waals surface area contributed by atoms with E-state index in [9.17, 15) is 4.79 Å².